The van der Waals surface area contributed by atoms with E-state index in [2.05, 4.69) is 9.97 Å². The molecule has 1 aromatic carbocycles. The number of oxazole rings is 1. The third-order valence-corrected chi connectivity index (χ3v) is 5.23. The van der Waals surface area contributed by atoms with Gasteiger partial charge in [-0.15, -0.1) is 11.3 Å². The first-order valence-electron chi connectivity index (χ1n) is 8.88. The third-order valence-electron chi connectivity index (χ3n) is 4.28. The van der Waals surface area contributed by atoms with E-state index in [4.69, 9.17) is 14.3 Å². The summed E-state index contributed by atoms with van der Waals surface area (Å²) in [7, 11) is 0. The minimum Gasteiger partial charge on any atom is -0.484 e. The van der Waals surface area contributed by atoms with Crippen LogP contribution in [0.3, 0.4) is 0 Å². The number of aromatic nitrogens is 2. The Morgan fingerprint density at radius 2 is 2.22 bits per heavy atom. The summed E-state index contributed by atoms with van der Waals surface area (Å²) in [4.78, 5) is 23.0. The van der Waals surface area contributed by atoms with Gasteiger partial charge < -0.3 is 19.2 Å². The van der Waals surface area contributed by atoms with Crippen molar-refractivity contribution in [3.8, 4) is 5.75 Å². The van der Waals surface area contributed by atoms with Crippen LogP contribution < -0.4 is 4.74 Å². The molecule has 2 aromatic heterocycles. The Hall–Kier alpha value is -2.45. The van der Waals surface area contributed by atoms with E-state index in [1.54, 1.807) is 16.2 Å². The Morgan fingerprint density at radius 3 is 2.96 bits per heavy atom. The molecule has 2 heterocycles. The van der Waals surface area contributed by atoms with E-state index in [1.807, 2.05) is 39.0 Å². The number of fused-ring (bicyclic) bond motifs is 1. The molecule has 1 N–H and O–H groups in total. The number of hydrogen-bond acceptors (Lipinski definition) is 7. The summed E-state index contributed by atoms with van der Waals surface area (Å²) in [6.07, 6.45) is 1.87. The van der Waals surface area contributed by atoms with E-state index in [-0.39, 0.29) is 30.9 Å². The number of aryl methyl sites for hydroxylation is 1. The monoisotopic (exact) mass is 389 g/mol. The maximum Gasteiger partial charge on any atom is 0.276 e. The normalized spacial score (nSPS) is 12.3. The standard InChI is InChI=1S/C19H23N3O4S/c1-4-22(12(2)7-8-23)19(24)16-10-26-18(21-16)11-25-14-5-6-17-15(9-14)20-13(3)27-17/h5-6,9-10,12,23H,4,7-8,11H2,1-3H3/t12-/m1/s1. The molecule has 144 valence electrons. The van der Waals surface area contributed by atoms with Crippen molar-refractivity contribution < 1.29 is 19.1 Å². The highest BCUT2D eigenvalue weighted by molar-refractivity contribution is 7.18. The Morgan fingerprint density at radius 1 is 1.41 bits per heavy atom. The Kier molecular flexibility index (Phi) is 6.08. The topological polar surface area (TPSA) is 88.7 Å². The van der Waals surface area contributed by atoms with Crippen LogP contribution in [0.5, 0.6) is 5.75 Å². The lowest BCUT2D eigenvalue weighted by Gasteiger charge is -2.26. The Bertz CT molecular complexity index is 921. The fourth-order valence-electron chi connectivity index (χ4n) is 2.88. The lowest BCUT2D eigenvalue weighted by molar-refractivity contribution is 0.0673. The molecule has 0 unspecified atom stereocenters. The second-order valence-electron chi connectivity index (χ2n) is 6.23. The number of nitrogens with zero attached hydrogens (tertiary/aromatic N) is 3. The van der Waals surface area contributed by atoms with Crippen molar-refractivity contribution in [2.45, 2.75) is 39.8 Å². The average molecular weight is 389 g/mol. The number of benzene rings is 1. The molecule has 0 spiro atoms. The molecule has 0 aliphatic carbocycles. The molecule has 0 radical (unpaired) electrons. The molecule has 27 heavy (non-hydrogen) atoms. The summed E-state index contributed by atoms with van der Waals surface area (Å²) in [6, 6.07) is 5.66. The Labute approximate surface area is 161 Å². The van der Waals surface area contributed by atoms with Gasteiger partial charge in [-0.05, 0) is 39.3 Å². The highest BCUT2D eigenvalue weighted by atomic mass is 32.1. The lowest BCUT2D eigenvalue weighted by Crippen LogP contribution is -2.39. The fourth-order valence-corrected chi connectivity index (χ4v) is 3.69. The van der Waals surface area contributed by atoms with Crippen molar-refractivity contribution in [1.82, 2.24) is 14.9 Å². The number of rotatable bonds is 8. The number of aliphatic hydroxyl groups excluding tert-OH is 1. The van der Waals surface area contributed by atoms with E-state index < -0.39 is 0 Å². The first kappa shape index (κ1) is 19.3. The first-order chi connectivity index (χ1) is 13.0. The van der Waals surface area contributed by atoms with Crippen LogP contribution in [0.1, 0.15) is 41.7 Å². The molecule has 1 amide bonds. The molecule has 3 aromatic rings. The van der Waals surface area contributed by atoms with Crippen molar-refractivity contribution in [2.75, 3.05) is 13.2 Å². The van der Waals surface area contributed by atoms with Gasteiger partial charge in [0.05, 0.1) is 15.2 Å². The number of carbonyl (C=O) groups excluding carboxylic acids is 1. The number of ether oxygens (including phenoxy) is 1. The van der Waals surface area contributed by atoms with Crippen LogP contribution >= 0.6 is 11.3 Å². The second-order valence-corrected chi connectivity index (χ2v) is 7.46. The smallest absolute Gasteiger partial charge is 0.276 e. The number of aliphatic hydroxyl groups is 1. The summed E-state index contributed by atoms with van der Waals surface area (Å²) in [5, 5.41) is 10.1. The van der Waals surface area contributed by atoms with Crippen molar-refractivity contribution in [1.29, 1.82) is 0 Å². The number of carbonyl (C=O) groups is 1. The zero-order chi connectivity index (χ0) is 19.4. The van der Waals surface area contributed by atoms with Gasteiger partial charge in [0, 0.05) is 25.3 Å². The average Bonchev–Trinajstić information content (AvgIpc) is 3.25. The molecule has 8 heteroatoms. The van der Waals surface area contributed by atoms with Crippen LogP contribution in [0, 0.1) is 6.92 Å². The second kappa shape index (κ2) is 8.49. The minimum absolute atomic E-state index is 0.0334. The fraction of sp³-hybridized carbons (Fsp3) is 0.421. The predicted octanol–water partition coefficient (Wildman–Crippen LogP) is 3.40. The number of amides is 1. The van der Waals surface area contributed by atoms with E-state index in [1.165, 1.54) is 6.26 Å². The number of thiazole rings is 1. The van der Waals surface area contributed by atoms with Gasteiger partial charge in [-0.3, -0.25) is 4.79 Å². The lowest BCUT2D eigenvalue weighted by atomic mass is 10.2. The van der Waals surface area contributed by atoms with Gasteiger partial charge in [-0.2, -0.15) is 0 Å². The van der Waals surface area contributed by atoms with E-state index in [9.17, 15) is 4.79 Å². The van der Waals surface area contributed by atoms with Crippen molar-refractivity contribution in [3.63, 3.8) is 0 Å². The zero-order valence-electron chi connectivity index (χ0n) is 15.6. The van der Waals surface area contributed by atoms with Gasteiger partial charge in [0.2, 0.25) is 5.89 Å². The summed E-state index contributed by atoms with van der Waals surface area (Å²) >= 11 is 1.64. The van der Waals surface area contributed by atoms with Crippen LogP contribution in [-0.4, -0.2) is 45.1 Å². The molecular formula is C19H23N3O4S. The van der Waals surface area contributed by atoms with Gasteiger partial charge in [0.1, 0.15) is 12.0 Å². The van der Waals surface area contributed by atoms with Gasteiger partial charge in [-0.25, -0.2) is 9.97 Å². The quantitative estimate of drug-likeness (QED) is 0.635. The van der Waals surface area contributed by atoms with Crippen LogP contribution in [-0.2, 0) is 6.61 Å². The van der Waals surface area contributed by atoms with Crippen LogP contribution in [0.15, 0.2) is 28.9 Å². The van der Waals surface area contributed by atoms with Crippen molar-refractivity contribution >= 4 is 27.5 Å². The van der Waals surface area contributed by atoms with E-state index in [0.29, 0.717) is 24.6 Å². The largest absolute Gasteiger partial charge is 0.484 e. The SMILES string of the molecule is CCN(C(=O)c1coc(COc2ccc3sc(C)nc3c2)n1)[C@H](C)CCO. The van der Waals surface area contributed by atoms with Crippen LogP contribution in [0.2, 0.25) is 0 Å². The summed E-state index contributed by atoms with van der Waals surface area (Å²) < 4.78 is 12.2. The highest BCUT2D eigenvalue weighted by Gasteiger charge is 2.22. The molecule has 3 rings (SSSR count). The van der Waals surface area contributed by atoms with Gasteiger partial charge in [0.25, 0.3) is 5.91 Å². The maximum absolute atomic E-state index is 12.6. The number of hydrogen-bond donors (Lipinski definition) is 1. The van der Waals surface area contributed by atoms with E-state index in [0.717, 1.165) is 15.2 Å². The molecule has 0 aliphatic heterocycles. The highest BCUT2D eigenvalue weighted by Crippen LogP contribution is 2.26. The zero-order valence-corrected chi connectivity index (χ0v) is 16.5. The maximum atomic E-state index is 12.6. The summed E-state index contributed by atoms with van der Waals surface area (Å²) in [5.41, 5.74) is 1.14. The van der Waals surface area contributed by atoms with Crippen LogP contribution in [0.25, 0.3) is 10.2 Å². The third kappa shape index (κ3) is 4.45. The molecule has 0 saturated heterocycles. The molecule has 0 bridgehead atoms. The summed E-state index contributed by atoms with van der Waals surface area (Å²) in [5.74, 6) is 0.789. The molecule has 1 atom stereocenters. The van der Waals surface area contributed by atoms with Crippen molar-refractivity contribution in [3.05, 3.63) is 41.1 Å². The van der Waals surface area contributed by atoms with Gasteiger partial charge in [-0.1, -0.05) is 0 Å². The first-order valence-corrected chi connectivity index (χ1v) is 9.69. The molecular weight excluding hydrogens is 366 g/mol. The van der Waals surface area contributed by atoms with Gasteiger partial charge >= 0.3 is 0 Å². The molecule has 7 nitrogen and oxygen atoms in total. The molecule has 0 aliphatic rings. The van der Waals surface area contributed by atoms with Crippen molar-refractivity contribution in [2.24, 2.45) is 0 Å². The van der Waals surface area contributed by atoms with Gasteiger partial charge in [0.15, 0.2) is 12.3 Å². The van der Waals surface area contributed by atoms with Crippen LogP contribution in [0.4, 0.5) is 0 Å². The van der Waals surface area contributed by atoms with E-state index >= 15 is 0 Å². The molecule has 0 fully saturated rings. The minimum atomic E-state index is -0.215. The molecule has 0 saturated carbocycles. The Balaban J connectivity index is 1.65. The predicted molar refractivity (Wildman–Crippen MR) is 103 cm³/mol. The summed E-state index contributed by atoms with van der Waals surface area (Å²) in [6.45, 7) is 6.46.